The van der Waals surface area contributed by atoms with Gasteiger partial charge in [0.25, 0.3) is 0 Å². The normalized spacial score (nSPS) is 45.5. The number of epoxide rings is 1. The number of hydrogen-bond acceptors (Lipinski definition) is 9. The zero-order chi connectivity index (χ0) is 24.3. The molecule has 1 spiro atoms. The summed E-state index contributed by atoms with van der Waals surface area (Å²) in [5.74, 6) is -1.08. The SMILES string of the molecule is CC(=O)OC[C@]12C[C@H](OC(=O)CC(C)C)[C@H](C)C[C@H]1O[C@@H]1[C@H](O)[C@@H](OC(C)=O)[C@@]2(C)[C@]12CO2. The summed E-state index contributed by atoms with van der Waals surface area (Å²) in [7, 11) is 0. The number of ether oxygens (including phenoxy) is 5. The molecule has 186 valence electrons. The van der Waals surface area contributed by atoms with E-state index in [4.69, 9.17) is 23.7 Å². The van der Waals surface area contributed by atoms with Crippen molar-refractivity contribution in [3.05, 3.63) is 0 Å². The van der Waals surface area contributed by atoms with Gasteiger partial charge in [0.1, 0.15) is 36.6 Å². The fourth-order valence-corrected chi connectivity index (χ4v) is 6.67. The maximum Gasteiger partial charge on any atom is 0.306 e. The number of esters is 3. The van der Waals surface area contributed by atoms with Gasteiger partial charge in [-0.15, -0.1) is 0 Å². The van der Waals surface area contributed by atoms with E-state index in [-0.39, 0.29) is 24.4 Å². The van der Waals surface area contributed by atoms with E-state index in [0.717, 1.165) is 0 Å². The molecular formula is C24H36O9. The zero-order valence-corrected chi connectivity index (χ0v) is 20.3. The third kappa shape index (κ3) is 3.58. The van der Waals surface area contributed by atoms with Gasteiger partial charge < -0.3 is 28.8 Å². The molecule has 4 aliphatic rings. The van der Waals surface area contributed by atoms with Crippen molar-refractivity contribution in [3.8, 4) is 0 Å². The molecule has 0 radical (unpaired) electrons. The van der Waals surface area contributed by atoms with Gasteiger partial charge in [-0.25, -0.2) is 0 Å². The van der Waals surface area contributed by atoms with Crippen LogP contribution in [-0.2, 0) is 38.1 Å². The van der Waals surface area contributed by atoms with Crippen molar-refractivity contribution >= 4 is 17.9 Å². The predicted molar refractivity (Wildman–Crippen MR) is 114 cm³/mol. The zero-order valence-electron chi connectivity index (χ0n) is 20.3. The van der Waals surface area contributed by atoms with E-state index in [1.54, 1.807) is 0 Å². The Kier molecular flexibility index (Phi) is 6.07. The van der Waals surface area contributed by atoms with Gasteiger partial charge in [-0.3, -0.25) is 14.4 Å². The molecule has 9 heteroatoms. The highest BCUT2D eigenvalue weighted by Gasteiger charge is 2.86. The molecule has 9 atom stereocenters. The molecule has 4 rings (SSSR count). The Bertz CT molecular complexity index is 821. The molecule has 2 heterocycles. The first-order valence-corrected chi connectivity index (χ1v) is 11.9. The second kappa shape index (κ2) is 8.20. The molecule has 2 saturated heterocycles. The third-order valence-electron chi connectivity index (χ3n) is 8.41. The van der Waals surface area contributed by atoms with Crippen LogP contribution in [0, 0.1) is 22.7 Å². The smallest absolute Gasteiger partial charge is 0.306 e. The van der Waals surface area contributed by atoms with Gasteiger partial charge in [0.15, 0.2) is 0 Å². The number of hydrogen-bond donors (Lipinski definition) is 1. The van der Waals surface area contributed by atoms with E-state index in [9.17, 15) is 19.5 Å². The summed E-state index contributed by atoms with van der Waals surface area (Å²) >= 11 is 0. The predicted octanol–water partition coefficient (Wildman–Crippen LogP) is 1.77. The summed E-state index contributed by atoms with van der Waals surface area (Å²) in [5.41, 5.74) is -2.67. The number of aliphatic hydroxyl groups excluding tert-OH is 1. The Morgan fingerprint density at radius 2 is 1.82 bits per heavy atom. The van der Waals surface area contributed by atoms with Crippen LogP contribution in [0.1, 0.15) is 60.8 Å². The molecule has 0 aromatic heterocycles. The van der Waals surface area contributed by atoms with E-state index in [1.807, 2.05) is 27.7 Å². The monoisotopic (exact) mass is 468 g/mol. The second-order valence-corrected chi connectivity index (χ2v) is 10.9. The summed E-state index contributed by atoms with van der Waals surface area (Å²) in [6, 6.07) is 0. The Morgan fingerprint density at radius 3 is 2.36 bits per heavy atom. The molecule has 1 N–H and O–H groups in total. The van der Waals surface area contributed by atoms with E-state index in [0.29, 0.717) is 25.9 Å². The van der Waals surface area contributed by atoms with Gasteiger partial charge in [0, 0.05) is 25.7 Å². The summed E-state index contributed by atoms with van der Waals surface area (Å²) < 4.78 is 29.6. The fraction of sp³-hybridized carbons (Fsp3) is 0.875. The van der Waals surface area contributed by atoms with Crippen LogP contribution in [0.15, 0.2) is 0 Å². The van der Waals surface area contributed by atoms with Gasteiger partial charge >= 0.3 is 17.9 Å². The minimum atomic E-state index is -1.08. The highest BCUT2D eigenvalue weighted by atomic mass is 16.7. The summed E-state index contributed by atoms with van der Waals surface area (Å²) in [6.07, 6.45) is -2.30. The molecule has 2 aliphatic carbocycles. The van der Waals surface area contributed by atoms with E-state index >= 15 is 0 Å². The van der Waals surface area contributed by atoms with E-state index < -0.39 is 58.9 Å². The Balaban J connectivity index is 1.77. The van der Waals surface area contributed by atoms with Crippen molar-refractivity contribution in [3.63, 3.8) is 0 Å². The molecular weight excluding hydrogens is 432 g/mol. The van der Waals surface area contributed by atoms with Gasteiger partial charge in [0.2, 0.25) is 0 Å². The minimum Gasteiger partial charge on any atom is -0.465 e. The molecule has 2 saturated carbocycles. The Morgan fingerprint density at radius 1 is 1.15 bits per heavy atom. The van der Waals surface area contributed by atoms with Gasteiger partial charge in [-0.2, -0.15) is 0 Å². The van der Waals surface area contributed by atoms with Gasteiger partial charge in [-0.1, -0.05) is 27.7 Å². The molecule has 0 aromatic rings. The Labute approximate surface area is 194 Å². The topological polar surface area (TPSA) is 121 Å². The maximum absolute atomic E-state index is 12.6. The Hall–Kier alpha value is -1.71. The number of aliphatic hydroxyl groups is 1. The molecule has 2 bridgehead atoms. The van der Waals surface area contributed by atoms with Crippen LogP contribution in [0.2, 0.25) is 0 Å². The van der Waals surface area contributed by atoms with E-state index in [2.05, 4.69) is 0 Å². The lowest BCUT2D eigenvalue weighted by atomic mass is 9.49. The lowest BCUT2D eigenvalue weighted by Crippen LogP contribution is -2.69. The van der Waals surface area contributed by atoms with Crippen LogP contribution < -0.4 is 0 Å². The number of carbonyl (C=O) groups excluding carboxylic acids is 3. The molecule has 9 nitrogen and oxygen atoms in total. The highest BCUT2D eigenvalue weighted by molar-refractivity contribution is 5.70. The number of rotatable bonds is 6. The summed E-state index contributed by atoms with van der Waals surface area (Å²) in [5, 5.41) is 11.2. The maximum atomic E-state index is 12.6. The van der Waals surface area contributed by atoms with Crippen LogP contribution in [0.4, 0.5) is 0 Å². The highest BCUT2D eigenvalue weighted by Crippen LogP contribution is 2.72. The molecule has 0 unspecified atom stereocenters. The second-order valence-electron chi connectivity index (χ2n) is 10.9. The molecule has 0 amide bonds. The van der Waals surface area contributed by atoms with Crippen LogP contribution >= 0.6 is 0 Å². The summed E-state index contributed by atoms with van der Waals surface area (Å²) in [6.45, 7) is 10.8. The minimum absolute atomic E-state index is 0.00180. The first kappa shape index (κ1) is 24.4. The fourth-order valence-electron chi connectivity index (χ4n) is 6.67. The molecule has 33 heavy (non-hydrogen) atoms. The molecule has 4 fully saturated rings. The third-order valence-corrected chi connectivity index (χ3v) is 8.41. The van der Waals surface area contributed by atoms with Crippen LogP contribution in [0.5, 0.6) is 0 Å². The van der Waals surface area contributed by atoms with Crippen molar-refractivity contribution in [1.29, 1.82) is 0 Å². The largest absolute Gasteiger partial charge is 0.465 e. The van der Waals surface area contributed by atoms with Crippen molar-refractivity contribution in [1.82, 2.24) is 0 Å². The van der Waals surface area contributed by atoms with Crippen molar-refractivity contribution in [2.24, 2.45) is 22.7 Å². The first-order chi connectivity index (χ1) is 15.4. The lowest BCUT2D eigenvalue weighted by molar-refractivity contribution is -0.271. The molecule has 0 aromatic carbocycles. The average Bonchev–Trinajstić information content (AvgIpc) is 3.48. The lowest BCUT2D eigenvalue weighted by Gasteiger charge is -2.60. The van der Waals surface area contributed by atoms with Crippen LogP contribution in [-0.4, -0.2) is 72.3 Å². The van der Waals surface area contributed by atoms with Crippen molar-refractivity contribution in [2.75, 3.05) is 13.2 Å². The quantitative estimate of drug-likeness (QED) is 0.353. The molecule has 2 aliphatic heterocycles. The average molecular weight is 469 g/mol. The van der Waals surface area contributed by atoms with Gasteiger partial charge in [-0.05, 0) is 24.7 Å². The van der Waals surface area contributed by atoms with Crippen molar-refractivity contribution in [2.45, 2.75) is 96.9 Å². The van der Waals surface area contributed by atoms with Gasteiger partial charge in [0.05, 0.1) is 18.1 Å². The van der Waals surface area contributed by atoms with Crippen molar-refractivity contribution < 1.29 is 43.2 Å². The number of fused-ring (bicyclic) bond motifs is 2. The number of carbonyl (C=O) groups is 3. The van der Waals surface area contributed by atoms with Crippen LogP contribution in [0.3, 0.4) is 0 Å². The van der Waals surface area contributed by atoms with E-state index in [1.165, 1.54) is 13.8 Å². The standard InChI is InChI=1S/C24H36O9/c1-12(2)7-18(27)32-16-9-23(10-29-14(4)25)17(8-13(16)3)33-21-19(28)20(31-15(5)26)22(23,6)24(21)11-30-24/h12-13,16-17,19-21,28H,7-11H2,1-6H3/t13-,16+,17-,19-,20-,21-,22-,23-,24+/m1/s1. The summed E-state index contributed by atoms with van der Waals surface area (Å²) in [4.78, 5) is 36.5. The van der Waals surface area contributed by atoms with Crippen LogP contribution in [0.25, 0.3) is 0 Å². The first-order valence-electron chi connectivity index (χ1n) is 11.9.